The highest BCUT2D eigenvalue weighted by molar-refractivity contribution is 7.99. The summed E-state index contributed by atoms with van der Waals surface area (Å²) in [6.07, 6.45) is 3.38. The Labute approximate surface area is 83.5 Å². The van der Waals surface area contributed by atoms with Crippen molar-refractivity contribution in [2.24, 2.45) is 0 Å². The Morgan fingerprint density at radius 1 is 1.62 bits per heavy atom. The maximum atomic E-state index is 5.89. The minimum absolute atomic E-state index is 0.166. The van der Waals surface area contributed by atoms with Crippen LogP contribution < -0.4 is 5.48 Å². The molecule has 2 heterocycles. The van der Waals surface area contributed by atoms with Gasteiger partial charge in [-0.2, -0.15) is 17.2 Å². The first-order chi connectivity index (χ1) is 6.35. The third kappa shape index (κ3) is 2.18. The van der Waals surface area contributed by atoms with Crippen LogP contribution in [0.5, 0.6) is 0 Å². The lowest BCUT2D eigenvalue weighted by Gasteiger charge is -2.37. The summed E-state index contributed by atoms with van der Waals surface area (Å²) in [5.41, 5.74) is 3.21. The van der Waals surface area contributed by atoms with Gasteiger partial charge in [0.25, 0.3) is 0 Å². The highest BCUT2D eigenvalue weighted by atomic mass is 32.2. The van der Waals surface area contributed by atoms with E-state index < -0.39 is 0 Å². The van der Waals surface area contributed by atoms with Gasteiger partial charge >= 0.3 is 0 Å². The maximum absolute atomic E-state index is 5.89. The van der Waals surface area contributed by atoms with Gasteiger partial charge in [-0.15, -0.1) is 0 Å². The molecule has 4 heteroatoms. The van der Waals surface area contributed by atoms with E-state index in [4.69, 9.17) is 9.57 Å². The fourth-order valence-electron chi connectivity index (χ4n) is 2.16. The van der Waals surface area contributed by atoms with Crippen molar-refractivity contribution < 1.29 is 9.57 Å². The monoisotopic (exact) mass is 203 g/mol. The lowest BCUT2D eigenvalue weighted by molar-refractivity contribution is -0.0918. The molecule has 3 nitrogen and oxygen atoms in total. The van der Waals surface area contributed by atoms with Crippen molar-refractivity contribution in [1.82, 2.24) is 5.48 Å². The van der Waals surface area contributed by atoms with Crippen LogP contribution >= 0.6 is 11.8 Å². The molecule has 0 amide bonds. The molecule has 1 spiro atoms. The molecule has 2 aliphatic rings. The van der Waals surface area contributed by atoms with Crippen molar-refractivity contribution in [2.75, 3.05) is 25.2 Å². The summed E-state index contributed by atoms with van der Waals surface area (Å²) >= 11 is 2.01. The predicted molar refractivity (Wildman–Crippen MR) is 53.8 cm³/mol. The molecule has 2 rings (SSSR count). The zero-order valence-corrected chi connectivity index (χ0v) is 8.86. The van der Waals surface area contributed by atoms with Crippen LogP contribution in [-0.2, 0) is 9.57 Å². The molecule has 2 atom stereocenters. The van der Waals surface area contributed by atoms with Crippen molar-refractivity contribution in [1.29, 1.82) is 0 Å². The van der Waals surface area contributed by atoms with E-state index in [-0.39, 0.29) is 5.60 Å². The van der Waals surface area contributed by atoms with Crippen LogP contribution in [0.4, 0.5) is 0 Å². The molecular weight excluding hydrogens is 186 g/mol. The first-order valence-electron chi connectivity index (χ1n) is 4.85. The van der Waals surface area contributed by atoms with E-state index in [2.05, 4.69) is 5.48 Å². The zero-order valence-electron chi connectivity index (χ0n) is 8.04. The molecule has 0 aliphatic carbocycles. The Balaban J connectivity index is 1.90. The standard InChI is InChI=1S/C9H17NO2S/c1-11-10-8-2-4-12-9(6-8)3-5-13-7-9/h8,10H,2-7H2,1H3. The molecule has 0 bridgehead atoms. The minimum Gasteiger partial charge on any atom is -0.374 e. The van der Waals surface area contributed by atoms with E-state index in [1.54, 1.807) is 7.11 Å². The number of ether oxygens (including phenoxy) is 1. The second kappa shape index (κ2) is 4.17. The predicted octanol–water partition coefficient (Wildman–Crippen LogP) is 1.19. The lowest BCUT2D eigenvalue weighted by Crippen LogP contribution is -2.46. The topological polar surface area (TPSA) is 30.5 Å². The van der Waals surface area contributed by atoms with Gasteiger partial charge in [-0.25, -0.2) is 0 Å². The second-order valence-corrected chi connectivity index (χ2v) is 4.95. The fraction of sp³-hybridized carbons (Fsp3) is 1.00. The van der Waals surface area contributed by atoms with E-state index >= 15 is 0 Å². The quantitative estimate of drug-likeness (QED) is 0.683. The normalized spacial score (nSPS) is 39.9. The third-order valence-corrected chi connectivity index (χ3v) is 4.07. The molecule has 0 aromatic rings. The van der Waals surface area contributed by atoms with Crippen LogP contribution in [0.2, 0.25) is 0 Å². The van der Waals surface area contributed by atoms with Crippen molar-refractivity contribution in [3.63, 3.8) is 0 Å². The van der Waals surface area contributed by atoms with Gasteiger partial charge in [0.15, 0.2) is 0 Å². The minimum atomic E-state index is 0.166. The summed E-state index contributed by atoms with van der Waals surface area (Å²) in [6.45, 7) is 0.877. The summed E-state index contributed by atoms with van der Waals surface area (Å²) < 4.78 is 5.89. The van der Waals surface area contributed by atoms with Crippen molar-refractivity contribution >= 4 is 11.8 Å². The summed E-state index contributed by atoms with van der Waals surface area (Å²) in [7, 11) is 1.69. The van der Waals surface area contributed by atoms with Gasteiger partial charge in [0.2, 0.25) is 0 Å². The SMILES string of the molecule is CONC1CCOC2(CCSC2)C1. The van der Waals surface area contributed by atoms with E-state index in [1.807, 2.05) is 11.8 Å². The van der Waals surface area contributed by atoms with Gasteiger partial charge in [-0.1, -0.05) is 0 Å². The molecule has 0 radical (unpaired) electrons. The number of nitrogens with one attached hydrogen (secondary N) is 1. The van der Waals surface area contributed by atoms with Crippen LogP contribution in [-0.4, -0.2) is 36.9 Å². The first-order valence-corrected chi connectivity index (χ1v) is 6.00. The van der Waals surface area contributed by atoms with E-state index in [9.17, 15) is 0 Å². The average Bonchev–Trinajstić information content (AvgIpc) is 2.54. The van der Waals surface area contributed by atoms with Gasteiger partial charge in [0, 0.05) is 18.4 Å². The highest BCUT2D eigenvalue weighted by Gasteiger charge is 2.40. The van der Waals surface area contributed by atoms with Crippen molar-refractivity contribution in [3.05, 3.63) is 0 Å². The molecule has 0 saturated carbocycles. The number of rotatable bonds is 2. The average molecular weight is 203 g/mol. The van der Waals surface area contributed by atoms with Gasteiger partial charge in [-0.3, -0.25) is 0 Å². The summed E-state index contributed by atoms with van der Waals surface area (Å²) in [4.78, 5) is 4.97. The highest BCUT2D eigenvalue weighted by Crippen LogP contribution is 2.38. The molecule has 2 aliphatic heterocycles. The smallest absolute Gasteiger partial charge is 0.0796 e. The van der Waals surface area contributed by atoms with Crippen LogP contribution in [0.1, 0.15) is 19.3 Å². The number of hydroxylamine groups is 1. The Bertz CT molecular complexity index is 169. The van der Waals surface area contributed by atoms with Crippen LogP contribution in [0.25, 0.3) is 0 Å². The molecular formula is C9H17NO2S. The number of thioether (sulfide) groups is 1. The van der Waals surface area contributed by atoms with Crippen molar-refractivity contribution in [3.8, 4) is 0 Å². The first kappa shape index (κ1) is 9.77. The number of hydrogen-bond donors (Lipinski definition) is 1. The van der Waals surface area contributed by atoms with E-state index in [1.165, 1.54) is 12.2 Å². The Morgan fingerprint density at radius 2 is 2.54 bits per heavy atom. The molecule has 0 aromatic heterocycles. The van der Waals surface area contributed by atoms with Gasteiger partial charge in [0.05, 0.1) is 12.7 Å². The van der Waals surface area contributed by atoms with Crippen LogP contribution in [0, 0.1) is 0 Å². The molecule has 76 valence electrons. The fourth-order valence-corrected chi connectivity index (χ4v) is 3.54. The Kier molecular flexibility index (Phi) is 3.14. The maximum Gasteiger partial charge on any atom is 0.0796 e. The van der Waals surface area contributed by atoms with Gasteiger partial charge in [0.1, 0.15) is 0 Å². The summed E-state index contributed by atoms with van der Waals surface area (Å²) in [5.74, 6) is 2.41. The number of hydrogen-bond acceptors (Lipinski definition) is 4. The van der Waals surface area contributed by atoms with E-state index in [0.717, 1.165) is 25.2 Å². The molecule has 0 aromatic carbocycles. The zero-order chi connectivity index (χ0) is 9.15. The molecule has 13 heavy (non-hydrogen) atoms. The van der Waals surface area contributed by atoms with Crippen molar-refractivity contribution in [2.45, 2.75) is 30.9 Å². The summed E-state index contributed by atoms with van der Waals surface area (Å²) in [5, 5.41) is 0. The van der Waals surface area contributed by atoms with E-state index in [0.29, 0.717) is 6.04 Å². The molecule has 2 unspecified atom stereocenters. The molecule has 1 N–H and O–H groups in total. The van der Waals surface area contributed by atoms with Crippen LogP contribution in [0.15, 0.2) is 0 Å². The van der Waals surface area contributed by atoms with Crippen LogP contribution in [0.3, 0.4) is 0 Å². The Morgan fingerprint density at radius 3 is 3.23 bits per heavy atom. The molecule has 2 fully saturated rings. The largest absolute Gasteiger partial charge is 0.374 e. The lowest BCUT2D eigenvalue weighted by atomic mass is 9.90. The summed E-state index contributed by atoms with van der Waals surface area (Å²) in [6, 6.07) is 0.484. The third-order valence-electron chi connectivity index (χ3n) is 2.84. The second-order valence-electron chi connectivity index (χ2n) is 3.85. The van der Waals surface area contributed by atoms with Gasteiger partial charge < -0.3 is 9.57 Å². The van der Waals surface area contributed by atoms with Gasteiger partial charge in [-0.05, 0) is 25.0 Å². The Hall–Kier alpha value is 0.230. The molecule has 2 saturated heterocycles.